The minimum absolute atomic E-state index is 0.224. The SMILES string of the molecule is Cc1cc(C)n(-c2ccc(=O)n(CCNC(=O)C(C)Oc3cccc(Cl)c3)n2)n1. The number of nitrogens with zero attached hydrogens (tertiary/aromatic N) is 4. The smallest absolute Gasteiger partial charge is 0.266 e. The maximum Gasteiger partial charge on any atom is 0.266 e. The number of carbonyl (C=O) groups is 1. The van der Waals surface area contributed by atoms with Gasteiger partial charge in [-0.2, -0.15) is 5.10 Å². The fourth-order valence-corrected chi connectivity index (χ4v) is 2.98. The van der Waals surface area contributed by atoms with Crippen molar-refractivity contribution in [3.8, 4) is 11.6 Å². The summed E-state index contributed by atoms with van der Waals surface area (Å²) < 4.78 is 8.56. The summed E-state index contributed by atoms with van der Waals surface area (Å²) in [6.45, 7) is 5.90. The minimum Gasteiger partial charge on any atom is -0.481 e. The van der Waals surface area contributed by atoms with E-state index in [1.165, 1.54) is 10.7 Å². The number of aryl methyl sites for hydroxylation is 2. The van der Waals surface area contributed by atoms with Gasteiger partial charge in [0.15, 0.2) is 11.9 Å². The summed E-state index contributed by atoms with van der Waals surface area (Å²) in [6.07, 6.45) is -0.709. The zero-order valence-corrected chi connectivity index (χ0v) is 17.2. The number of hydrogen-bond donors (Lipinski definition) is 1. The van der Waals surface area contributed by atoms with Crippen LogP contribution in [0.4, 0.5) is 0 Å². The van der Waals surface area contributed by atoms with Gasteiger partial charge in [-0.15, -0.1) is 5.10 Å². The molecule has 0 bridgehead atoms. The van der Waals surface area contributed by atoms with E-state index in [9.17, 15) is 9.59 Å². The molecule has 2 heterocycles. The van der Waals surface area contributed by atoms with Crippen molar-refractivity contribution in [2.24, 2.45) is 0 Å². The van der Waals surface area contributed by atoms with Gasteiger partial charge in [0.2, 0.25) is 0 Å². The Hall–Kier alpha value is -3.13. The van der Waals surface area contributed by atoms with Crippen LogP contribution in [0.1, 0.15) is 18.3 Å². The van der Waals surface area contributed by atoms with E-state index in [1.54, 1.807) is 41.9 Å². The molecule has 0 spiro atoms. The minimum atomic E-state index is -0.709. The second kappa shape index (κ2) is 8.91. The molecular formula is C20H22ClN5O3. The summed E-state index contributed by atoms with van der Waals surface area (Å²) in [5, 5.41) is 12.0. The lowest BCUT2D eigenvalue weighted by atomic mass is 10.3. The molecule has 3 aromatic rings. The van der Waals surface area contributed by atoms with Crippen molar-refractivity contribution >= 4 is 17.5 Å². The molecule has 0 saturated carbocycles. The Labute approximate surface area is 173 Å². The molecule has 2 aromatic heterocycles. The van der Waals surface area contributed by atoms with Gasteiger partial charge in [0.1, 0.15) is 5.75 Å². The fraction of sp³-hybridized carbons (Fsp3) is 0.300. The lowest BCUT2D eigenvalue weighted by Crippen LogP contribution is -2.39. The van der Waals surface area contributed by atoms with Crippen molar-refractivity contribution < 1.29 is 9.53 Å². The molecule has 1 aromatic carbocycles. The third-order valence-corrected chi connectivity index (χ3v) is 4.42. The molecule has 0 fully saturated rings. The normalized spacial score (nSPS) is 11.9. The van der Waals surface area contributed by atoms with Gasteiger partial charge in [-0.3, -0.25) is 9.59 Å². The molecule has 29 heavy (non-hydrogen) atoms. The van der Waals surface area contributed by atoms with Crippen LogP contribution in [-0.4, -0.2) is 38.1 Å². The molecule has 1 N–H and O–H groups in total. The lowest BCUT2D eigenvalue weighted by molar-refractivity contribution is -0.127. The van der Waals surface area contributed by atoms with Gasteiger partial charge in [0.05, 0.1) is 12.2 Å². The number of carbonyl (C=O) groups excluding carboxylic acids is 1. The van der Waals surface area contributed by atoms with Crippen LogP contribution in [0, 0.1) is 13.8 Å². The molecule has 0 saturated heterocycles. The first-order chi connectivity index (χ1) is 13.8. The molecule has 8 nitrogen and oxygen atoms in total. The molecular weight excluding hydrogens is 394 g/mol. The Bertz CT molecular complexity index is 1080. The number of nitrogens with one attached hydrogen (secondary N) is 1. The van der Waals surface area contributed by atoms with Crippen LogP contribution in [-0.2, 0) is 11.3 Å². The highest BCUT2D eigenvalue weighted by Crippen LogP contribution is 2.18. The van der Waals surface area contributed by atoms with Crippen molar-refractivity contribution in [2.45, 2.75) is 33.4 Å². The van der Waals surface area contributed by atoms with Crippen molar-refractivity contribution in [1.29, 1.82) is 0 Å². The highest BCUT2D eigenvalue weighted by Gasteiger charge is 2.14. The topological polar surface area (TPSA) is 91.0 Å². The molecule has 1 unspecified atom stereocenters. The van der Waals surface area contributed by atoms with E-state index in [4.69, 9.17) is 16.3 Å². The Morgan fingerprint density at radius 1 is 1.21 bits per heavy atom. The maximum atomic E-state index is 12.3. The van der Waals surface area contributed by atoms with Gasteiger partial charge in [-0.25, -0.2) is 9.36 Å². The van der Waals surface area contributed by atoms with Crippen LogP contribution in [0.25, 0.3) is 5.82 Å². The van der Waals surface area contributed by atoms with Gasteiger partial charge >= 0.3 is 0 Å². The number of benzene rings is 1. The molecule has 3 rings (SSSR count). The number of ether oxygens (including phenoxy) is 1. The quantitative estimate of drug-likeness (QED) is 0.639. The fourth-order valence-electron chi connectivity index (χ4n) is 2.80. The number of aromatic nitrogens is 4. The van der Waals surface area contributed by atoms with E-state index in [1.807, 2.05) is 19.9 Å². The van der Waals surface area contributed by atoms with Gasteiger partial charge in [0, 0.05) is 23.3 Å². The molecule has 0 radical (unpaired) electrons. The van der Waals surface area contributed by atoms with Crippen LogP contribution in [0.5, 0.6) is 5.75 Å². The van der Waals surface area contributed by atoms with Crippen molar-refractivity contribution in [1.82, 2.24) is 24.9 Å². The second-order valence-corrected chi connectivity index (χ2v) is 7.04. The summed E-state index contributed by atoms with van der Waals surface area (Å²) in [4.78, 5) is 24.3. The van der Waals surface area contributed by atoms with E-state index in [2.05, 4.69) is 15.5 Å². The van der Waals surface area contributed by atoms with Crippen LogP contribution >= 0.6 is 11.6 Å². The average Bonchev–Trinajstić information content (AvgIpc) is 3.01. The molecule has 9 heteroatoms. The largest absolute Gasteiger partial charge is 0.481 e. The highest BCUT2D eigenvalue weighted by atomic mass is 35.5. The molecule has 0 aliphatic heterocycles. The predicted molar refractivity (Wildman–Crippen MR) is 110 cm³/mol. The van der Waals surface area contributed by atoms with Gasteiger partial charge in [-0.1, -0.05) is 17.7 Å². The number of hydrogen-bond acceptors (Lipinski definition) is 5. The van der Waals surface area contributed by atoms with E-state index in [-0.39, 0.29) is 24.6 Å². The summed E-state index contributed by atoms with van der Waals surface area (Å²) in [5.41, 5.74) is 1.52. The summed E-state index contributed by atoms with van der Waals surface area (Å²) in [5.74, 6) is 0.752. The van der Waals surface area contributed by atoms with Crippen LogP contribution in [0.3, 0.4) is 0 Å². The van der Waals surface area contributed by atoms with Crippen LogP contribution < -0.4 is 15.6 Å². The highest BCUT2D eigenvalue weighted by molar-refractivity contribution is 6.30. The zero-order valence-electron chi connectivity index (χ0n) is 16.4. The first-order valence-electron chi connectivity index (χ1n) is 9.15. The Balaban J connectivity index is 1.59. The first kappa shape index (κ1) is 20.6. The van der Waals surface area contributed by atoms with Gasteiger partial charge in [-0.05, 0) is 51.1 Å². The molecule has 1 atom stereocenters. The standard InChI is InChI=1S/C20H22ClN5O3/c1-13-11-14(2)26(23-13)18-7-8-19(27)25(24-18)10-9-22-20(28)15(3)29-17-6-4-5-16(21)12-17/h4-8,11-12,15H,9-10H2,1-3H3,(H,22,28). The molecule has 0 aliphatic rings. The summed E-state index contributed by atoms with van der Waals surface area (Å²) in [6, 6.07) is 11.8. The summed E-state index contributed by atoms with van der Waals surface area (Å²) in [7, 11) is 0. The zero-order chi connectivity index (χ0) is 21.0. The Morgan fingerprint density at radius 3 is 2.69 bits per heavy atom. The second-order valence-electron chi connectivity index (χ2n) is 6.60. The van der Waals surface area contributed by atoms with E-state index < -0.39 is 6.10 Å². The van der Waals surface area contributed by atoms with E-state index in [0.717, 1.165) is 11.4 Å². The van der Waals surface area contributed by atoms with E-state index >= 15 is 0 Å². The number of rotatable bonds is 7. The lowest BCUT2D eigenvalue weighted by Gasteiger charge is -2.15. The number of halogens is 1. The van der Waals surface area contributed by atoms with E-state index in [0.29, 0.717) is 16.6 Å². The van der Waals surface area contributed by atoms with Crippen molar-refractivity contribution in [3.63, 3.8) is 0 Å². The van der Waals surface area contributed by atoms with Crippen LogP contribution in [0.2, 0.25) is 5.02 Å². The maximum absolute atomic E-state index is 12.3. The van der Waals surface area contributed by atoms with Crippen molar-refractivity contribution in [2.75, 3.05) is 6.54 Å². The Morgan fingerprint density at radius 2 is 2.00 bits per heavy atom. The molecule has 0 aliphatic carbocycles. The molecule has 152 valence electrons. The Kier molecular flexibility index (Phi) is 6.33. The third-order valence-electron chi connectivity index (χ3n) is 4.18. The first-order valence-corrected chi connectivity index (χ1v) is 9.53. The predicted octanol–water partition coefficient (Wildman–Crippen LogP) is 2.28. The third kappa shape index (κ3) is 5.23. The van der Waals surface area contributed by atoms with Gasteiger partial charge in [0.25, 0.3) is 11.5 Å². The van der Waals surface area contributed by atoms with Crippen molar-refractivity contribution in [3.05, 3.63) is 69.2 Å². The number of amides is 1. The average molecular weight is 416 g/mol. The van der Waals surface area contributed by atoms with Gasteiger partial charge < -0.3 is 10.1 Å². The monoisotopic (exact) mass is 415 g/mol. The summed E-state index contributed by atoms with van der Waals surface area (Å²) >= 11 is 5.92. The van der Waals surface area contributed by atoms with Crippen LogP contribution in [0.15, 0.2) is 47.3 Å². The molecule has 1 amide bonds.